The van der Waals surface area contributed by atoms with Gasteiger partial charge in [-0.1, -0.05) is 12.1 Å². The molecule has 5 heteroatoms. The van der Waals surface area contributed by atoms with Gasteiger partial charge in [0.05, 0.1) is 17.1 Å². The van der Waals surface area contributed by atoms with Gasteiger partial charge in [0.25, 0.3) is 5.91 Å². The van der Waals surface area contributed by atoms with Gasteiger partial charge < -0.3 is 10.1 Å². The summed E-state index contributed by atoms with van der Waals surface area (Å²) >= 11 is 0. The molecular formula is C20H21N3O2. The Morgan fingerprint density at radius 3 is 3.04 bits per heavy atom. The predicted molar refractivity (Wildman–Crippen MR) is 97.1 cm³/mol. The fourth-order valence-electron chi connectivity index (χ4n) is 3.25. The third-order valence-electron chi connectivity index (χ3n) is 4.60. The van der Waals surface area contributed by atoms with Crippen LogP contribution in [0.25, 0.3) is 16.7 Å². The summed E-state index contributed by atoms with van der Waals surface area (Å²) in [5, 5.41) is 2.95. The van der Waals surface area contributed by atoms with E-state index in [1.807, 2.05) is 28.8 Å². The molecule has 128 valence electrons. The van der Waals surface area contributed by atoms with Gasteiger partial charge in [0.1, 0.15) is 6.33 Å². The lowest BCUT2D eigenvalue weighted by Gasteiger charge is -2.11. The van der Waals surface area contributed by atoms with Gasteiger partial charge in [0.2, 0.25) is 0 Å². The fourth-order valence-corrected chi connectivity index (χ4v) is 3.25. The van der Waals surface area contributed by atoms with Crippen LogP contribution in [0.4, 0.5) is 0 Å². The number of aryl methyl sites for hydroxylation is 1. The van der Waals surface area contributed by atoms with Crippen LogP contribution in [0.15, 0.2) is 48.8 Å². The Morgan fingerprint density at radius 1 is 1.32 bits per heavy atom. The molecule has 1 atom stereocenters. The largest absolute Gasteiger partial charge is 0.376 e. The number of ether oxygens (including phenoxy) is 1. The number of carbonyl (C=O) groups excluding carboxylic acids is 1. The molecule has 1 saturated heterocycles. The second kappa shape index (κ2) is 6.69. The van der Waals surface area contributed by atoms with E-state index < -0.39 is 0 Å². The van der Waals surface area contributed by atoms with Gasteiger partial charge in [0.15, 0.2) is 0 Å². The molecule has 0 spiro atoms. The normalized spacial score (nSPS) is 17.1. The van der Waals surface area contributed by atoms with Crippen LogP contribution in [0.2, 0.25) is 0 Å². The maximum Gasteiger partial charge on any atom is 0.251 e. The lowest BCUT2D eigenvalue weighted by molar-refractivity contribution is 0.0858. The van der Waals surface area contributed by atoms with E-state index in [1.54, 1.807) is 6.33 Å². The summed E-state index contributed by atoms with van der Waals surface area (Å²) in [5.41, 5.74) is 4.69. The quantitative estimate of drug-likeness (QED) is 0.796. The summed E-state index contributed by atoms with van der Waals surface area (Å²) in [4.78, 5) is 16.8. The van der Waals surface area contributed by atoms with Gasteiger partial charge >= 0.3 is 0 Å². The average molecular weight is 335 g/mol. The lowest BCUT2D eigenvalue weighted by atomic mass is 10.1. The summed E-state index contributed by atoms with van der Waals surface area (Å²) < 4.78 is 7.58. The highest BCUT2D eigenvalue weighted by Crippen LogP contribution is 2.20. The summed E-state index contributed by atoms with van der Waals surface area (Å²) in [6, 6.07) is 13.9. The molecule has 1 aliphatic rings. The zero-order valence-corrected chi connectivity index (χ0v) is 14.2. The molecule has 2 heterocycles. The summed E-state index contributed by atoms with van der Waals surface area (Å²) in [7, 11) is 0. The van der Waals surface area contributed by atoms with Crippen molar-refractivity contribution in [3.8, 4) is 5.69 Å². The third-order valence-corrected chi connectivity index (χ3v) is 4.60. The van der Waals surface area contributed by atoms with Gasteiger partial charge in [-0.3, -0.25) is 9.36 Å². The molecule has 1 aromatic heterocycles. The molecule has 0 aliphatic carbocycles. The van der Waals surface area contributed by atoms with Crippen LogP contribution in [0.5, 0.6) is 0 Å². The Morgan fingerprint density at radius 2 is 2.24 bits per heavy atom. The van der Waals surface area contributed by atoms with Gasteiger partial charge in [-0.2, -0.15) is 0 Å². The molecule has 25 heavy (non-hydrogen) atoms. The Balaban J connectivity index is 1.55. The first-order valence-electron chi connectivity index (χ1n) is 8.65. The zero-order chi connectivity index (χ0) is 17.2. The molecule has 2 aromatic carbocycles. The number of hydrogen-bond acceptors (Lipinski definition) is 3. The van der Waals surface area contributed by atoms with Crippen molar-refractivity contribution in [3.63, 3.8) is 0 Å². The SMILES string of the molecule is Cc1cccc(-n2cnc3cc(C(=O)NC[C@H]4CCCO4)ccc32)c1. The second-order valence-corrected chi connectivity index (χ2v) is 6.50. The molecule has 1 aliphatic heterocycles. The third kappa shape index (κ3) is 3.28. The molecule has 0 bridgehead atoms. The monoisotopic (exact) mass is 335 g/mol. The number of nitrogens with zero attached hydrogens (tertiary/aromatic N) is 2. The fraction of sp³-hybridized carbons (Fsp3) is 0.300. The van der Waals surface area contributed by atoms with Crippen molar-refractivity contribution in [2.75, 3.05) is 13.2 Å². The molecule has 0 unspecified atom stereocenters. The van der Waals surface area contributed by atoms with Crippen LogP contribution in [-0.4, -0.2) is 34.7 Å². The number of aromatic nitrogens is 2. The molecule has 1 amide bonds. The molecular weight excluding hydrogens is 314 g/mol. The van der Waals surface area contributed by atoms with E-state index in [1.165, 1.54) is 5.56 Å². The summed E-state index contributed by atoms with van der Waals surface area (Å²) in [5.74, 6) is -0.0810. The van der Waals surface area contributed by atoms with E-state index in [9.17, 15) is 4.79 Å². The molecule has 1 N–H and O–H groups in total. The van der Waals surface area contributed by atoms with Gasteiger partial charge in [-0.15, -0.1) is 0 Å². The Bertz CT molecular complexity index is 910. The highest BCUT2D eigenvalue weighted by Gasteiger charge is 2.17. The molecule has 0 radical (unpaired) electrons. The van der Waals surface area contributed by atoms with E-state index >= 15 is 0 Å². The van der Waals surface area contributed by atoms with E-state index in [4.69, 9.17) is 4.74 Å². The zero-order valence-electron chi connectivity index (χ0n) is 14.2. The number of fused-ring (bicyclic) bond motifs is 1. The number of benzene rings is 2. The first kappa shape index (κ1) is 15.8. The number of amides is 1. The molecule has 1 fully saturated rings. The van der Waals surface area contributed by atoms with Gasteiger partial charge in [-0.25, -0.2) is 4.98 Å². The number of hydrogen-bond donors (Lipinski definition) is 1. The average Bonchev–Trinajstić information content (AvgIpc) is 3.28. The maximum absolute atomic E-state index is 12.4. The highest BCUT2D eigenvalue weighted by atomic mass is 16.5. The van der Waals surface area contributed by atoms with Crippen LogP contribution in [0.1, 0.15) is 28.8 Å². The summed E-state index contributed by atoms with van der Waals surface area (Å²) in [6.45, 7) is 3.43. The topological polar surface area (TPSA) is 56.2 Å². The van der Waals surface area contributed by atoms with Crippen LogP contribution >= 0.6 is 0 Å². The van der Waals surface area contributed by atoms with Crippen LogP contribution in [0.3, 0.4) is 0 Å². The molecule has 0 saturated carbocycles. The minimum atomic E-state index is -0.0810. The van der Waals surface area contributed by atoms with Crippen molar-refractivity contribution < 1.29 is 9.53 Å². The van der Waals surface area contributed by atoms with Gasteiger partial charge in [-0.05, 0) is 55.7 Å². The van der Waals surface area contributed by atoms with E-state index in [0.717, 1.165) is 36.2 Å². The van der Waals surface area contributed by atoms with Crippen LogP contribution < -0.4 is 5.32 Å². The van der Waals surface area contributed by atoms with Gasteiger partial charge in [0, 0.05) is 24.4 Å². The van der Waals surface area contributed by atoms with E-state index in [-0.39, 0.29) is 12.0 Å². The smallest absolute Gasteiger partial charge is 0.251 e. The minimum Gasteiger partial charge on any atom is -0.376 e. The Hall–Kier alpha value is -2.66. The highest BCUT2D eigenvalue weighted by molar-refractivity contribution is 5.97. The number of rotatable bonds is 4. The van der Waals surface area contributed by atoms with E-state index in [0.29, 0.717) is 12.1 Å². The van der Waals surface area contributed by atoms with Crippen molar-refractivity contribution in [2.45, 2.75) is 25.9 Å². The summed E-state index contributed by atoms with van der Waals surface area (Å²) in [6.07, 6.45) is 4.03. The second-order valence-electron chi connectivity index (χ2n) is 6.50. The number of nitrogens with one attached hydrogen (secondary N) is 1. The predicted octanol–water partition coefficient (Wildman–Crippen LogP) is 3.24. The molecule has 4 rings (SSSR count). The maximum atomic E-state index is 12.4. The minimum absolute atomic E-state index is 0.0810. The number of carbonyl (C=O) groups is 1. The van der Waals surface area contributed by atoms with Crippen molar-refractivity contribution in [1.29, 1.82) is 0 Å². The van der Waals surface area contributed by atoms with E-state index in [2.05, 4.69) is 35.4 Å². The van der Waals surface area contributed by atoms with Crippen LogP contribution in [0, 0.1) is 6.92 Å². The lowest BCUT2D eigenvalue weighted by Crippen LogP contribution is -2.31. The van der Waals surface area contributed by atoms with Crippen molar-refractivity contribution in [2.24, 2.45) is 0 Å². The number of imidazole rings is 1. The standard InChI is InChI=1S/C20H21N3O2/c1-14-4-2-5-16(10-14)23-13-22-18-11-15(7-8-19(18)23)20(24)21-12-17-6-3-9-25-17/h2,4-5,7-8,10-11,13,17H,3,6,9,12H2,1H3,(H,21,24)/t17-/m1/s1. The first-order valence-corrected chi connectivity index (χ1v) is 8.65. The van der Waals surface area contributed by atoms with Crippen molar-refractivity contribution >= 4 is 16.9 Å². The Kier molecular flexibility index (Phi) is 4.24. The molecule has 3 aromatic rings. The van der Waals surface area contributed by atoms with Crippen LogP contribution in [-0.2, 0) is 4.74 Å². The Labute approximate surface area is 146 Å². The molecule has 5 nitrogen and oxygen atoms in total. The van der Waals surface area contributed by atoms with Crippen molar-refractivity contribution in [3.05, 3.63) is 59.9 Å². The van der Waals surface area contributed by atoms with Crippen molar-refractivity contribution in [1.82, 2.24) is 14.9 Å². The first-order chi connectivity index (χ1) is 12.2.